The molecule has 0 fully saturated rings. The lowest BCUT2D eigenvalue weighted by Gasteiger charge is -2.26. The summed E-state index contributed by atoms with van der Waals surface area (Å²) in [7, 11) is 2.00. The van der Waals surface area contributed by atoms with E-state index in [1.807, 2.05) is 24.9 Å². The Bertz CT molecular complexity index is 311. The van der Waals surface area contributed by atoms with Gasteiger partial charge in [-0.15, -0.1) is 0 Å². The summed E-state index contributed by atoms with van der Waals surface area (Å²) >= 11 is 1.82. The number of hydrogen-bond acceptors (Lipinski definition) is 4. The summed E-state index contributed by atoms with van der Waals surface area (Å²) < 4.78 is 5.37. The van der Waals surface area contributed by atoms with E-state index < -0.39 is 0 Å². The third kappa shape index (κ3) is 3.02. The molecule has 1 rings (SSSR count). The second kappa shape index (κ2) is 5.85. The molecule has 1 aromatic rings. The zero-order valence-electron chi connectivity index (χ0n) is 9.40. The average molecular weight is 227 g/mol. The Labute approximate surface area is 94.8 Å². The molecule has 0 N–H and O–H groups in total. The second-order valence-electron chi connectivity index (χ2n) is 3.42. The first-order valence-corrected chi connectivity index (χ1v) is 6.39. The van der Waals surface area contributed by atoms with Crippen molar-refractivity contribution in [1.29, 1.82) is 0 Å². The summed E-state index contributed by atoms with van der Waals surface area (Å²) in [6, 6.07) is 3.99. The van der Waals surface area contributed by atoms with Crippen molar-refractivity contribution in [3.8, 4) is 0 Å². The highest BCUT2D eigenvalue weighted by molar-refractivity contribution is 7.98. The number of aldehydes is 1. The molecule has 1 heterocycles. The first kappa shape index (κ1) is 12.2. The first-order valence-electron chi connectivity index (χ1n) is 4.99. The maximum absolute atomic E-state index is 10.5. The van der Waals surface area contributed by atoms with Crippen LogP contribution in [0.4, 0.5) is 5.88 Å². The van der Waals surface area contributed by atoms with Crippen molar-refractivity contribution >= 4 is 23.9 Å². The Morgan fingerprint density at radius 3 is 2.80 bits per heavy atom. The fraction of sp³-hybridized carbons (Fsp3) is 0.545. The van der Waals surface area contributed by atoms with Crippen LogP contribution in [-0.4, -0.2) is 31.4 Å². The van der Waals surface area contributed by atoms with E-state index in [1.165, 1.54) is 0 Å². The number of anilines is 1. The normalized spacial score (nSPS) is 12.5. The van der Waals surface area contributed by atoms with E-state index in [9.17, 15) is 4.79 Å². The lowest BCUT2D eigenvalue weighted by atomic mass is 10.2. The van der Waals surface area contributed by atoms with Gasteiger partial charge in [-0.2, -0.15) is 11.8 Å². The van der Waals surface area contributed by atoms with Crippen LogP contribution in [0.2, 0.25) is 0 Å². The molecule has 0 aromatic carbocycles. The highest BCUT2D eigenvalue weighted by atomic mass is 32.2. The number of hydrogen-bond donors (Lipinski definition) is 0. The van der Waals surface area contributed by atoms with Gasteiger partial charge < -0.3 is 9.32 Å². The van der Waals surface area contributed by atoms with Gasteiger partial charge in [0.1, 0.15) is 0 Å². The van der Waals surface area contributed by atoms with Gasteiger partial charge in [0.25, 0.3) is 0 Å². The number of rotatable bonds is 6. The van der Waals surface area contributed by atoms with Crippen LogP contribution >= 0.6 is 11.8 Å². The zero-order chi connectivity index (χ0) is 11.3. The molecule has 1 aromatic heterocycles. The van der Waals surface area contributed by atoms with E-state index in [1.54, 1.807) is 6.07 Å². The van der Waals surface area contributed by atoms with Crippen molar-refractivity contribution < 1.29 is 9.21 Å². The summed E-state index contributed by atoms with van der Waals surface area (Å²) in [6.45, 7) is 2.15. The molecule has 0 aliphatic heterocycles. The van der Waals surface area contributed by atoms with Gasteiger partial charge in [-0.1, -0.05) is 6.92 Å². The average Bonchev–Trinajstić information content (AvgIpc) is 2.73. The third-order valence-corrected chi connectivity index (χ3v) is 3.17. The van der Waals surface area contributed by atoms with Gasteiger partial charge in [-0.05, 0) is 18.7 Å². The molecule has 0 aliphatic rings. The lowest BCUT2D eigenvalue weighted by molar-refractivity contribution is 0.110. The molecule has 1 unspecified atom stereocenters. The topological polar surface area (TPSA) is 33.5 Å². The molecule has 0 saturated carbocycles. The fourth-order valence-corrected chi connectivity index (χ4v) is 2.32. The first-order chi connectivity index (χ1) is 7.22. The van der Waals surface area contributed by atoms with Gasteiger partial charge in [0.05, 0.1) is 0 Å². The van der Waals surface area contributed by atoms with Gasteiger partial charge in [0.15, 0.2) is 17.9 Å². The molecule has 0 radical (unpaired) electrons. The standard InChI is InChI=1S/C11H17NO2S/c1-4-9(8-15-3)12(2)11-6-5-10(7-13)14-11/h5-7,9H,4,8H2,1-3H3. The van der Waals surface area contributed by atoms with E-state index in [4.69, 9.17) is 4.42 Å². The van der Waals surface area contributed by atoms with Crippen LogP contribution in [0.1, 0.15) is 23.9 Å². The maximum Gasteiger partial charge on any atom is 0.196 e. The number of furan rings is 1. The third-order valence-electron chi connectivity index (χ3n) is 2.45. The maximum atomic E-state index is 10.5. The quantitative estimate of drug-likeness (QED) is 0.700. The van der Waals surface area contributed by atoms with Crippen molar-refractivity contribution in [2.24, 2.45) is 0 Å². The van der Waals surface area contributed by atoms with Gasteiger partial charge in [-0.3, -0.25) is 4.79 Å². The highest BCUT2D eigenvalue weighted by Crippen LogP contribution is 2.20. The molecule has 0 aliphatic carbocycles. The smallest absolute Gasteiger partial charge is 0.196 e. The van der Waals surface area contributed by atoms with Crippen LogP contribution in [0.15, 0.2) is 16.5 Å². The van der Waals surface area contributed by atoms with Crippen LogP contribution in [-0.2, 0) is 0 Å². The predicted octanol–water partition coefficient (Wildman–Crippen LogP) is 2.67. The van der Waals surface area contributed by atoms with Crippen LogP contribution < -0.4 is 4.90 Å². The van der Waals surface area contributed by atoms with E-state index in [2.05, 4.69) is 18.1 Å². The molecule has 0 saturated heterocycles. The van der Waals surface area contributed by atoms with E-state index in [0.717, 1.165) is 24.3 Å². The molecule has 3 nitrogen and oxygen atoms in total. The van der Waals surface area contributed by atoms with Gasteiger partial charge in [-0.25, -0.2) is 0 Å². The Morgan fingerprint density at radius 1 is 1.60 bits per heavy atom. The number of thioether (sulfide) groups is 1. The van der Waals surface area contributed by atoms with Crippen LogP contribution in [0.25, 0.3) is 0 Å². The molecular weight excluding hydrogens is 210 g/mol. The molecule has 84 valence electrons. The second-order valence-corrected chi connectivity index (χ2v) is 4.33. The Morgan fingerprint density at radius 2 is 2.33 bits per heavy atom. The molecule has 15 heavy (non-hydrogen) atoms. The summed E-state index contributed by atoms with van der Waals surface area (Å²) in [5, 5.41) is 0. The van der Waals surface area contributed by atoms with Gasteiger partial charge in [0.2, 0.25) is 0 Å². The fourth-order valence-electron chi connectivity index (χ4n) is 1.47. The molecule has 1 atom stereocenters. The van der Waals surface area contributed by atoms with Crippen LogP contribution in [0.3, 0.4) is 0 Å². The van der Waals surface area contributed by atoms with E-state index >= 15 is 0 Å². The summed E-state index contributed by atoms with van der Waals surface area (Å²) in [6.07, 6.45) is 3.89. The van der Waals surface area contributed by atoms with Crippen molar-refractivity contribution in [3.63, 3.8) is 0 Å². The summed E-state index contributed by atoms with van der Waals surface area (Å²) in [5.74, 6) is 2.21. The summed E-state index contributed by atoms with van der Waals surface area (Å²) in [4.78, 5) is 12.6. The minimum atomic E-state index is 0.385. The van der Waals surface area contributed by atoms with Crippen molar-refractivity contribution in [3.05, 3.63) is 17.9 Å². The molecule has 0 bridgehead atoms. The molecular formula is C11H17NO2S. The lowest BCUT2D eigenvalue weighted by Crippen LogP contribution is -2.32. The number of carbonyl (C=O) groups is 1. The zero-order valence-corrected chi connectivity index (χ0v) is 10.2. The van der Waals surface area contributed by atoms with E-state index in [-0.39, 0.29) is 0 Å². The SMILES string of the molecule is CCC(CSC)N(C)c1ccc(C=O)o1. The Balaban J connectivity index is 2.72. The van der Waals surface area contributed by atoms with Crippen molar-refractivity contribution in [2.45, 2.75) is 19.4 Å². The van der Waals surface area contributed by atoms with Crippen molar-refractivity contribution in [2.75, 3.05) is 24.0 Å². The van der Waals surface area contributed by atoms with Crippen LogP contribution in [0, 0.1) is 0 Å². The largest absolute Gasteiger partial charge is 0.438 e. The minimum absolute atomic E-state index is 0.385. The number of carbonyl (C=O) groups excluding carboxylic acids is 1. The van der Waals surface area contributed by atoms with Gasteiger partial charge in [0, 0.05) is 24.9 Å². The molecule has 0 spiro atoms. The van der Waals surface area contributed by atoms with Crippen LogP contribution in [0.5, 0.6) is 0 Å². The Kier molecular flexibility index (Phi) is 4.75. The van der Waals surface area contributed by atoms with Gasteiger partial charge >= 0.3 is 0 Å². The summed E-state index contributed by atoms with van der Waals surface area (Å²) in [5.41, 5.74) is 0. The highest BCUT2D eigenvalue weighted by Gasteiger charge is 2.15. The number of nitrogens with zero attached hydrogens (tertiary/aromatic N) is 1. The minimum Gasteiger partial charge on any atom is -0.438 e. The van der Waals surface area contributed by atoms with E-state index in [0.29, 0.717) is 11.8 Å². The van der Waals surface area contributed by atoms with Crippen molar-refractivity contribution in [1.82, 2.24) is 0 Å². The Hall–Kier alpha value is -0.900. The molecule has 4 heteroatoms. The molecule has 0 amide bonds. The monoisotopic (exact) mass is 227 g/mol. The predicted molar refractivity (Wildman–Crippen MR) is 65.0 cm³/mol.